The standard InChI is InChI=1S/C14H21N3O5/c1-4-22-9(2)14(21)16-10(3)15-11(18)7-8-17-12(19)5-6-13(17)20/h5-6,9-10H,4,7-8H2,1-3H3,(H,15,18)(H,16,21). The highest BCUT2D eigenvalue weighted by Gasteiger charge is 2.24. The van der Waals surface area contributed by atoms with E-state index >= 15 is 0 Å². The highest BCUT2D eigenvalue weighted by molar-refractivity contribution is 6.13. The summed E-state index contributed by atoms with van der Waals surface area (Å²) in [6, 6.07) is 0. The van der Waals surface area contributed by atoms with Crippen LogP contribution in [0.2, 0.25) is 0 Å². The molecule has 8 heteroatoms. The zero-order valence-corrected chi connectivity index (χ0v) is 12.9. The van der Waals surface area contributed by atoms with E-state index in [0.29, 0.717) is 6.61 Å². The van der Waals surface area contributed by atoms with Crippen LogP contribution < -0.4 is 10.6 Å². The van der Waals surface area contributed by atoms with E-state index < -0.39 is 24.1 Å². The van der Waals surface area contributed by atoms with Crippen LogP contribution in [0.4, 0.5) is 0 Å². The second kappa shape index (κ2) is 8.28. The molecule has 0 aromatic heterocycles. The van der Waals surface area contributed by atoms with E-state index in [0.717, 1.165) is 17.1 Å². The van der Waals surface area contributed by atoms with Gasteiger partial charge in [0.15, 0.2) is 0 Å². The molecule has 0 aromatic carbocycles. The predicted molar refractivity (Wildman–Crippen MR) is 77.3 cm³/mol. The first-order chi connectivity index (χ1) is 10.3. The average Bonchev–Trinajstić information content (AvgIpc) is 2.75. The van der Waals surface area contributed by atoms with Gasteiger partial charge in [0.2, 0.25) is 11.8 Å². The van der Waals surface area contributed by atoms with Gasteiger partial charge in [0, 0.05) is 31.7 Å². The first-order valence-corrected chi connectivity index (χ1v) is 7.10. The van der Waals surface area contributed by atoms with Gasteiger partial charge in [0.25, 0.3) is 11.8 Å². The van der Waals surface area contributed by atoms with E-state index in [2.05, 4.69) is 10.6 Å². The number of nitrogens with one attached hydrogen (secondary N) is 2. The molecule has 0 aromatic rings. The van der Waals surface area contributed by atoms with Crippen molar-refractivity contribution in [1.82, 2.24) is 15.5 Å². The van der Waals surface area contributed by atoms with E-state index in [-0.39, 0.29) is 24.8 Å². The van der Waals surface area contributed by atoms with E-state index in [1.165, 1.54) is 0 Å². The predicted octanol–water partition coefficient (Wildman–Crippen LogP) is -0.695. The van der Waals surface area contributed by atoms with Gasteiger partial charge in [-0.3, -0.25) is 24.1 Å². The number of hydrogen-bond acceptors (Lipinski definition) is 5. The van der Waals surface area contributed by atoms with Crippen LogP contribution in [-0.4, -0.2) is 54.0 Å². The third kappa shape index (κ3) is 5.28. The summed E-state index contributed by atoms with van der Waals surface area (Å²) >= 11 is 0. The molecule has 8 nitrogen and oxygen atoms in total. The maximum atomic E-state index is 11.7. The summed E-state index contributed by atoms with van der Waals surface area (Å²) in [7, 11) is 0. The first kappa shape index (κ1) is 17.8. The van der Waals surface area contributed by atoms with Crippen LogP contribution in [0.15, 0.2) is 12.2 Å². The Bertz CT molecular complexity index is 471. The van der Waals surface area contributed by atoms with E-state index in [1.54, 1.807) is 20.8 Å². The summed E-state index contributed by atoms with van der Waals surface area (Å²) in [4.78, 5) is 47.0. The number of rotatable bonds is 8. The zero-order chi connectivity index (χ0) is 16.7. The maximum Gasteiger partial charge on any atom is 0.253 e. The van der Waals surface area contributed by atoms with Gasteiger partial charge in [-0.05, 0) is 20.8 Å². The third-order valence-electron chi connectivity index (χ3n) is 2.99. The van der Waals surface area contributed by atoms with Crippen molar-refractivity contribution in [1.29, 1.82) is 0 Å². The quantitative estimate of drug-likeness (QED) is 0.456. The lowest BCUT2D eigenvalue weighted by atomic mass is 10.3. The van der Waals surface area contributed by atoms with Crippen LogP contribution in [0, 0.1) is 0 Å². The summed E-state index contributed by atoms with van der Waals surface area (Å²) in [5.41, 5.74) is 0. The highest BCUT2D eigenvalue weighted by atomic mass is 16.5. The molecule has 0 fully saturated rings. The first-order valence-electron chi connectivity index (χ1n) is 7.10. The van der Waals surface area contributed by atoms with Crippen LogP contribution in [0.3, 0.4) is 0 Å². The molecule has 0 saturated heterocycles. The smallest absolute Gasteiger partial charge is 0.253 e. The average molecular weight is 311 g/mol. The maximum absolute atomic E-state index is 11.7. The number of carbonyl (C=O) groups is 4. The van der Waals surface area contributed by atoms with Crippen molar-refractivity contribution >= 4 is 23.6 Å². The Morgan fingerprint density at radius 1 is 1.18 bits per heavy atom. The van der Waals surface area contributed by atoms with E-state index in [9.17, 15) is 19.2 Å². The normalized spacial score (nSPS) is 16.6. The summed E-state index contributed by atoms with van der Waals surface area (Å²) in [6.07, 6.45) is 1.12. The van der Waals surface area contributed by atoms with Gasteiger partial charge in [-0.25, -0.2) is 0 Å². The molecule has 0 aliphatic carbocycles. The molecule has 1 heterocycles. The summed E-state index contributed by atoms with van der Waals surface area (Å²) in [5.74, 6) is -1.55. The molecule has 1 rings (SSSR count). The Labute approximate surface area is 128 Å². The van der Waals surface area contributed by atoms with Crippen molar-refractivity contribution in [2.45, 2.75) is 39.5 Å². The van der Waals surface area contributed by atoms with Gasteiger partial charge in [-0.1, -0.05) is 0 Å². The summed E-state index contributed by atoms with van der Waals surface area (Å²) < 4.78 is 5.13. The lowest BCUT2D eigenvalue weighted by Crippen LogP contribution is -2.49. The highest BCUT2D eigenvalue weighted by Crippen LogP contribution is 2.04. The number of imide groups is 1. The van der Waals surface area contributed by atoms with Crippen LogP contribution in [-0.2, 0) is 23.9 Å². The number of ether oxygens (including phenoxy) is 1. The van der Waals surface area contributed by atoms with Gasteiger partial charge in [-0.15, -0.1) is 0 Å². The van der Waals surface area contributed by atoms with E-state index in [4.69, 9.17) is 4.74 Å². The SMILES string of the molecule is CCOC(C)C(=O)NC(C)NC(=O)CCN1C(=O)C=CC1=O. The minimum Gasteiger partial charge on any atom is -0.369 e. The Morgan fingerprint density at radius 2 is 1.77 bits per heavy atom. The topological polar surface area (TPSA) is 105 Å². The molecule has 4 amide bonds. The summed E-state index contributed by atoms with van der Waals surface area (Å²) in [6.45, 7) is 5.44. The number of hydrogen-bond donors (Lipinski definition) is 2. The molecule has 1 aliphatic heterocycles. The lowest BCUT2D eigenvalue weighted by Gasteiger charge is -2.19. The van der Waals surface area contributed by atoms with Crippen LogP contribution in [0.5, 0.6) is 0 Å². The van der Waals surface area contributed by atoms with Crippen LogP contribution >= 0.6 is 0 Å². The second-order valence-corrected chi connectivity index (χ2v) is 4.81. The molecule has 122 valence electrons. The Morgan fingerprint density at radius 3 is 2.32 bits per heavy atom. The van der Waals surface area contributed by atoms with Gasteiger partial charge in [-0.2, -0.15) is 0 Å². The van der Waals surface area contributed by atoms with Crippen molar-refractivity contribution < 1.29 is 23.9 Å². The summed E-state index contributed by atoms with van der Waals surface area (Å²) in [5, 5.41) is 5.15. The largest absolute Gasteiger partial charge is 0.369 e. The van der Waals surface area contributed by atoms with Crippen molar-refractivity contribution in [2.75, 3.05) is 13.2 Å². The minimum absolute atomic E-state index is 0.00646. The van der Waals surface area contributed by atoms with Gasteiger partial charge in [0.05, 0.1) is 6.17 Å². The van der Waals surface area contributed by atoms with Gasteiger partial charge >= 0.3 is 0 Å². The Hall–Kier alpha value is -2.22. The minimum atomic E-state index is -0.602. The third-order valence-corrected chi connectivity index (χ3v) is 2.99. The van der Waals surface area contributed by atoms with Crippen molar-refractivity contribution in [2.24, 2.45) is 0 Å². The fourth-order valence-corrected chi connectivity index (χ4v) is 1.87. The molecule has 0 radical (unpaired) electrons. The Kier molecular flexibility index (Phi) is 6.71. The van der Waals surface area contributed by atoms with E-state index in [1.807, 2.05) is 0 Å². The molecule has 2 atom stereocenters. The molecule has 0 bridgehead atoms. The molecule has 22 heavy (non-hydrogen) atoms. The van der Waals surface area contributed by atoms with Crippen molar-refractivity contribution in [3.05, 3.63) is 12.2 Å². The molecular weight excluding hydrogens is 290 g/mol. The number of nitrogens with zero attached hydrogens (tertiary/aromatic N) is 1. The monoisotopic (exact) mass is 311 g/mol. The van der Waals surface area contributed by atoms with Crippen LogP contribution in [0.25, 0.3) is 0 Å². The fraction of sp³-hybridized carbons (Fsp3) is 0.571. The fourth-order valence-electron chi connectivity index (χ4n) is 1.87. The molecule has 0 spiro atoms. The molecular formula is C14H21N3O5. The van der Waals surface area contributed by atoms with Crippen molar-refractivity contribution in [3.8, 4) is 0 Å². The van der Waals surface area contributed by atoms with Gasteiger partial charge < -0.3 is 15.4 Å². The molecule has 1 aliphatic rings. The Balaban J connectivity index is 2.31. The number of amides is 4. The van der Waals surface area contributed by atoms with Crippen molar-refractivity contribution in [3.63, 3.8) is 0 Å². The number of carbonyl (C=O) groups excluding carboxylic acids is 4. The lowest BCUT2D eigenvalue weighted by molar-refractivity contribution is -0.137. The molecule has 2 N–H and O–H groups in total. The van der Waals surface area contributed by atoms with Gasteiger partial charge in [0.1, 0.15) is 6.10 Å². The second-order valence-electron chi connectivity index (χ2n) is 4.81. The zero-order valence-electron chi connectivity index (χ0n) is 12.9. The van der Waals surface area contributed by atoms with Crippen LogP contribution in [0.1, 0.15) is 27.2 Å². The molecule has 0 saturated carbocycles. The molecule has 2 unspecified atom stereocenters.